The van der Waals surface area contributed by atoms with E-state index in [4.69, 9.17) is 9.47 Å². The summed E-state index contributed by atoms with van der Waals surface area (Å²) in [5, 5.41) is 3.60. The summed E-state index contributed by atoms with van der Waals surface area (Å²) in [5.74, 6) is 0. The molecule has 1 aliphatic rings. The summed E-state index contributed by atoms with van der Waals surface area (Å²) < 4.78 is 10.7. The van der Waals surface area contributed by atoms with Crippen molar-refractivity contribution in [2.45, 2.75) is 37.8 Å². The maximum Gasteiger partial charge on any atom is 0.105 e. The zero-order valence-corrected chi connectivity index (χ0v) is 12.0. The topological polar surface area (TPSA) is 30.5 Å². The van der Waals surface area contributed by atoms with Crippen LogP contribution >= 0.6 is 0 Å². The van der Waals surface area contributed by atoms with Gasteiger partial charge >= 0.3 is 0 Å². The first-order valence-corrected chi connectivity index (χ1v) is 7.17. The van der Waals surface area contributed by atoms with Crippen molar-refractivity contribution in [1.82, 2.24) is 5.32 Å². The highest BCUT2D eigenvalue weighted by molar-refractivity contribution is 5.26. The van der Waals surface area contributed by atoms with Crippen molar-refractivity contribution in [2.75, 3.05) is 27.4 Å². The Morgan fingerprint density at radius 1 is 1.32 bits per heavy atom. The van der Waals surface area contributed by atoms with Gasteiger partial charge in [0.05, 0.1) is 6.61 Å². The summed E-state index contributed by atoms with van der Waals surface area (Å²) in [5.41, 5.74) is 2.59. The van der Waals surface area contributed by atoms with Crippen LogP contribution in [0, 0.1) is 0 Å². The number of ether oxygens (including phenoxy) is 2. The molecule has 2 atom stereocenters. The third-order valence-electron chi connectivity index (χ3n) is 3.82. The van der Waals surface area contributed by atoms with Gasteiger partial charge in [0.1, 0.15) is 6.10 Å². The molecule has 0 aromatic heterocycles. The predicted molar refractivity (Wildman–Crippen MR) is 77.4 cm³/mol. The summed E-state index contributed by atoms with van der Waals surface area (Å²) in [6.07, 6.45) is 5.09. The number of rotatable bonds is 6. The van der Waals surface area contributed by atoms with Gasteiger partial charge < -0.3 is 14.8 Å². The van der Waals surface area contributed by atoms with Gasteiger partial charge in [0.2, 0.25) is 0 Å². The van der Waals surface area contributed by atoms with Gasteiger partial charge in [-0.2, -0.15) is 0 Å². The zero-order valence-electron chi connectivity index (χ0n) is 12.0. The highest BCUT2D eigenvalue weighted by Crippen LogP contribution is 2.20. The van der Waals surface area contributed by atoms with E-state index in [0.29, 0.717) is 12.6 Å². The van der Waals surface area contributed by atoms with Gasteiger partial charge in [-0.1, -0.05) is 30.7 Å². The number of hydrogen-bond donors (Lipinski definition) is 1. The summed E-state index contributed by atoms with van der Waals surface area (Å²) >= 11 is 0. The van der Waals surface area contributed by atoms with Gasteiger partial charge in [0.15, 0.2) is 0 Å². The first-order valence-electron chi connectivity index (χ1n) is 7.17. The molecule has 1 saturated heterocycles. The van der Waals surface area contributed by atoms with Gasteiger partial charge in [0, 0.05) is 20.3 Å². The van der Waals surface area contributed by atoms with Crippen LogP contribution in [-0.2, 0) is 15.9 Å². The average molecular weight is 263 g/mol. The second-order valence-corrected chi connectivity index (χ2v) is 5.28. The lowest BCUT2D eigenvalue weighted by Gasteiger charge is -2.24. The molecule has 1 heterocycles. The van der Waals surface area contributed by atoms with Crippen LogP contribution < -0.4 is 5.32 Å². The average Bonchev–Trinajstić information content (AvgIpc) is 2.46. The monoisotopic (exact) mass is 263 g/mol. The SMILES string of the molecule is COCC(OC)c1cccc(CC2CCCCN2)c1. The Morgan fingerprint density at radius 3 is 2.89 bits per heavy atom. The third kappa shape index (κ3) is 4.30. The molecular formula is C16H25NO2. The highest BCUT2D eigenvalue weighted by atomic mass is 16.5. The van der Waals surface area contributed by atoms with E-state index < -0.39 is 0 Å². The zero-order chi connectivity index (χ0) is 13.5. The molecule has 0 spiro atoms. The summed E-state index contributed by atoms with van der Waals surface area (Å²) in [4.78, 5) is 0. The molecule has 19 heavy (non-hydrogen) atoms. The van der Waals surface area contributed by atoms with Gasteiger partial charge in [-0.05, 0) is 36.9 Å². The molecule has 106 valence electrons. The van der Waals surface area contributed by atoms with Crippen molar-refractivity contribution in [2.24, 2.45) is 0 Å². The summed E-state index contributed by atoms with van der Waals surface area (Å²) in [7, 11) is 3.45. The number of methoxy groups -OCH3 is 2. The molecule has 0 bridgehead atoms. The molecule has 1 aromatic rings. The van der Waals surface area contributed by atoms with Crippen molar-refractivity contribution in [3.63, 3.8) is 0 Å². The molecule has 2 rings (SSSR count). The van der Waals surface area contributed by atoms with Gasteiger partial charge in [-0.15, -0.1) is 0 Å². The molecule has 3 nitrogen and oxygen atoms in total. The number of piperidine rings is 1. The molecule has 0 saturated carbocycles. The van der Waals surface area contributed by atoms with E-state index >= 15 is 0 Å². The molecule has 1 fully saturated rings. The Bertz CT molecular complexity index is 375. The smallest absolute Gasteiger partial charge is 0.105 e. The van der Waals surface area contributed by atoms with E-state index in [9.17, 15) is 0 Å². The Labute approximate surface area is 116 Å². The Morgan fingerprint density at radius 2 is 2.21 bits per heavy atom. The first-order chi connectivity index (χ1) is 9.33. The minimum absolute atomic E-state index is 0.0317. The van der Waals surface area contributed by atoms with Gasteiger partial charge in [-0.3, -0.25) is 0 Å². The fourth-order valence-electron chi connectivity index (χ4n) is 2.75. The van der Waals surface area contributed by atoms with Crippen LogP contribution in [0.4, 0.5) is 0 Å². The van der Waals surface area contributed by atoms with Gasteiger partial charge in [0.25, 0.3) is 0 Å². The third-order valence-corrected chi connectivity index (χ3v) is 3.82. The molecule has 1 aromatic carbocycles. The molecular weight excluding hydrogens is 238 g/mol. The van der Waals surface area contributed by atoms with Crippen LogP contribution in [0.15, 0.2) is 24.3 Å². The molecule has 0 radical (unpaired) electrons. The second-order valence-electron chi connectivity index (χ2n) is 5.28. The molecule has 0 aliphatic carbocycles. The van der Waals surface area contributed by atoms with Crippen molar-refractivity contribution < 1.29 is 9.47 Å². The van der Waals surface area contributed by atoms with E-state index in [2.05, 4.69) is 29.6 Å². The summed E-state index contributed by atoms with van der Waals surface area (Å²) in [6, 6.07) is 9.33. The fraction of sp³-hybridized carbons (Fsp3) is 0.625. The van der Waals surface area contributed by atoms with Gasteiger partial charge in [-0.25, -0.2) is 0 Å². The molecule has 3 heteroatoms. The van der Waals surface area contributed by atoms with Crippen LogP contribution in [0.3, 0.4) is 0 Å². The van der Waals surface area contributed by atoms with E-state index in [1.54, 1.807) is 14.2 Å². The molecule has 0 amide bonds. The Balaban J connectivity index is 2.01. The van der Waals surface area contributed by atoms with Crippen molar-refractivity contribution in [3.8, 4) is 0 Å². The maximum absolute atomic E-state index is 5.48. The maximum atomic E-state index is 5.48. The predicted octanol–water partition coefficient (Wildman–Crippen LogP) is 2.71. The van der Waals surface area contributed by atoms with Crippen molar-refractivity contribution in [1.29, 1.82) is 0 Å². The first kappa shape index (κ1) is 14.5. The minimum Gasteiger partial charge on any atom is -0.382 e. The number of nitrogens with one attached hydrogen (secondary N) is 1. The standard InChI is InChI=1S/C16H25NO2/c1-18-12-16(19-2)14-7-5-6-13(10-14)11-15-8-3-4-9-17-15/h5-7,10,15-17H,3-4,8-9,11-12H2,1-2H3. The highest BCUT2D eigenvalue weighted by Gasteiger charge is 2.15. The quantitative estimate of drug-likeness (QED) is 0.856. The molecule has 2 unspecified atom stereocenters. The largest absolute Gasteiger partial charge is 0.382 e. The lowest BCUT2D eigenvalue weighted by Crippen LogP contribution is -2.35. The van der Waals surface area contributed by atoms with E-state index in [0.717, 1.165) is 13.0 Å². The van der Waals surface area contributed by atoms with Crippen LogP contribution in [0.25, 0.3) is 0 Å². The van der Waals surface area contributed by atoms with Crippen molar-refractivity contribution >= 4 is 0 Å². The van der Waals surface area contributed by atoms with E-state index in [1.165, 1.54) is 30.4 Å². The van der Waals surface area contributed by atoms with E-state index in [-0.39, 0.29) is 6.10 Å². The number of benzene rings is 1. The van der Waals surface area contributed by atoms with Crippen LogP contribution in [0.2, 0.25) is 0 Å². The number of hydrogen-bond acceptors (Lipinski definition) is 3. The molecule has 1 aliphatic heterocycles. The lowest BCUT2D eigenvalue weighted by molar-refractivity contribution is 0.0274. The normalized spacial score (nSPS) is 21.3. The van der Waals surface area contributed by atoms with Crippen LogP contribution in [0.1, 0.15) is 36.5 Å². The van der Waals surface area contributed by atoms with Crippen LogP contribution in [0.5, 0.6) is 0 Å². The fourth-order valence-corrected chi connectivity index (χ4v) is 2.75. The second kappa shape index (κ2) is 7.63. The Kier molecular flexibility index (Phi) is 5.83. The lowest BCUT2D eigenvalue weighted by atomic mass is 9.96. The van der Waals surface area contributed by atoms with Crippen LogP contribution in [-0.4, -0.2) is 33.4 Å². The van der Waals surface area contributed by atoms with E-state index in [1.807, 2.05) is 0 Å². The summed E-state index contributed by atoms with van der Waals surface area (Å²) in [6.45, 7) is 1.76. The minimum atomic E-state index is 0.0317. The Hall–Kier alpha value is -0.900. The molecule has 1 N–H and O–H groups in total. The van der Waals surface area contributed by atoms with Crippen molar-refractivity contribution in [3.05, 3.63) is 35.4 Å².